The van der Waals surface area contributed by atoms with E-state index >= 15 is 0 Å². The summed E-state index contributed by atoms with van der Waals surface area (Å²) in [7, 11) is 0. The fraction of sp³-hybridized carbons (Fsp3) is 0.133. The maximum absolute atomic E-state index is 12.6. The Morgan fingerprint density at radius 2 is 1.76 bits per heavy atom. The number of amides is 1. The molecular weight excluding hydrogens is 478 g/mol. The average Bonchev–Trinajstić information content (AvgIpc) is 3.34. The third-order valence-corrected chi connectivity index (χ3v) is 7.00. The van der Waals surface area contributed by atoms with Gasteiger partial charge in [0.2, 0.25) is 5.91 Å². The number of anilines is 1. The minimum absolute atomic E-state index is 0.0929. The Balaban J connectivity index is 1.45. The lowest BCUT2D eigenvalue weighted by atomic mass is 10.0. The molecule has 0 aliphatic carbocycles. The third kappa shape index (κ3) is 5.47. The number of nitrogens with one attached hydrogen (secondary N) is 1. The van der Waals surface area contributed by atoms with E-state index in [1.54, 1.807) is 0 Å². The fourth-order valence-corrected chi connectivity index (χ4v) is 4.90. The van der Waals surface area contributed by atoms with E-state index in [0.717, 1.165) is 39.8 Å². The number of pyridine rings is 1. The van der Waals surface area contributed by atoms with Gasteiger partial charge in [0.15, 0.2) is 11.0 Å². The fourth-order valence-electron chi connectivity index (χ4n) is 4.16. The van der Waals surface area contributed by atoms with Crippen LogP contribution in [0.1, 0.15) is 12.5 Å². The first-order valence-electron chi connectivity index (χ1n) is 12.2. The zero-order chi connectivity index (χ0) is 25.6. The van der Waals surface area contributed by atoms with Gasteiger partial charge in [-0.05, 0) is 36.2 Å². The number of carbonyl (C=O) groups excluding carboxylic acids is 1. The quantitative estimate of drug-likeness (QED) is 0.180. The van der Waals surface area contributed by atoms with E-state index in [-0.39, 0.29) is 11.7 Å². The van der Waals surface area contributed by atoms with Crippen molar-refractivity contribution >= 4 is 34.3 Å². The van der Waals surface area contributed by atoms with Gasteiger partial charge in [-0.2, -0.15) is 0 Å². The number of nitrogens with zero attached hydrogens (tertiary/aromatic N) is 4. The first kappa shape index (κ1) is 24.5. The van der Waals surface area contributed by atoms with Crippen LogP contribution in [0.4, 0.5) is 5.69 Å². The monoisotopic (exact) mass is 505 g/mol. The summed E-state index contributed by atoms with van der Waals surface area (Å²) in [6, 6.07) is 28.1. The van der Waals surface area contributed by atoms with Crippen molar-refractivity contribution in [2.24, 2.45) is 0 Å². The van der Waals surface area contributed by atoms with Crippen LogP contribution in [-0.2, 0) is 17.8 Å². The van der Waals surface area contributed by atoms with Crippen LogP contribution in [0.5, 0.6) is 0 Å². The molecule has 184 valence electrons. The van der Waals surface area contributed by atoms with Crippen LogP contribution in [0.25, 0.3) is 33.5 Å². The Labute approximate surface area is 220 Å². The van der Waals surface area contributed by atoms with Crippen molar-refractivity contribution in [1.29, 1.82) is 0 Å². The highest BCUT2D eigenvalue weighted by molar-refractivity contribution is 7.99. The van der Waals surface area contributed by atoms with Crippen LogP contribution >= 0.6 is 11.8 Å². The Morgan fingerprint density at radius 3 is 2.51 bits per heavy atom. The number of fused-ring (bicyclic) bond motifs is 1. The van der Waals surface area contributed by atoms with E-state index in [4.69, 9.17) is 4.98 Å². The Hall–Kier alpha value is -4.23. The van der Waals surface area contributed by atoms with Crippen LogP contribution in [0.3, 0.4) is 0 Å². The molecule has 3 aromatic carbocycles. The molecule has 0 fully saturated rings. The molecular formula is C30H27N5OS. The van der Waals surface area contributed by atoms with E-state index < -0.39 is 0 Å². The number of rotatable bonds is 9. The Morgan fingerprint density at radius 1 is 1.00 bits per heavy atom. The molecule has 2 aromatic heterocycles. The summed E-state index contributed by atoms with van der Waals surface area (Å²) in [4.78, 5) is 17.5. The molecule has 7 heteroatoms. The summed E-state index contributed by atoms with van der Waals surface area (Å²) in [5.74, 6) is 0.843. The molecule has 0 saturated heterocycles. The molecule has 2 heterocycles. The second kappa shape index (κ2) is 11.2. The summed E-state index contributed by atoms with van der Waals surface area (Å²) in [5.41, 5.74) is 5.73. The zero-order valence-electron chi connectivity index (χ0n) is 20.6. The summed E-state index contributed by atoms with van der Waals surface area (Å²) >= 11 is 1.36. The number of benzene rings is 3. The molecule has 1 N–H and O–H groups in total. The first-order chi connectivity index (χ1) is 18.2. The van der Waals surface area contributed by atoms with Gasteiger partial charge in [-0.15, -0.1) is 16.8 Å². The van der Waals surface area contributed by atoms with Crippen LogP contribution in [0, 0.1) is 0 Å². The van der Waals surface area contributed by atoms with Crippen molar-refractivity contribution in [1.82, 2.24) is 19.7 Å². The molecule has 1 amide bonds. The molecule has 0 aliphatic rings. The van der Waals surface area contributed by atoms with Crippen molar-refractivity contribution in [3.63, 3.8) is 0 Å². The molecule has 0 aliphatic heterocycles. The molecule has 0 saturated carbocycles. The SMILES string of the molecule is C=CCn1c(SCC(=O)Nc2ccc(CC)cc2)nnc1-c1cc(-c2ccccc2)nc2ccccc12. The molecule has 0 spiro atoms. The van der Waals surface area contributed by atoms with Crippen LogP contribution in [0.15, 0.2) is 103 Å². The molecule has 0 bridgehead atoms. The number of thioether (sulfide) groups is 1. The lowest BCUT2D eigenvalue weighted by molar-refractivity contribution is -0.113. The number of hydrogen-bond acceptors (Lipinski definition) is 5. The molecule has 0 unspecified atom stereocenters. The standard InChI is InChI=1S/C30H27N5OS/c1-3-18-35-29(33-34-30(35)37-20-28(36)31-23-16-14-21(4-2)15-17-23)25-19-27(22-10-6-5-7-11-22)32-26-13-9-8-12-24(25)26/h3,5-17,19H,1,4,18,20H2,2H3,(H,31,36). The molecule has 6 nitrogen and oxygen atoms in total. The lowest BCUT2D eigenvalue weighted by Gasteiger charge is -2.12. The molecule has 5 aromatic rings. The highest BCUT2D eigenvalue weighted by Gasteiger charge is 2.18. The van der Waals surface area contributed by atoms with Gasteiger partial charge in [-0.1, -0.05) is 85.4 Å². The average molecular weight is 506 g/mol. The van der Waals surface area contributed by atoms with Gasteiger partial charge >= 0.3 is 0 Å². The van der Waals surface area contributed by atoms with Gasteiger partial charge in [0, 0.05) is 28.7 Å². The topological polar surface area (TPSA) is 72.7 Å². The van der Waals surface area contributed by atoms with E-state index in [0.29, 0.717) is 17.5 Å². The number of aromatic nitrogens is 4. The van der Waals surface area contributed by atoms with Crippen molar-refractivity contribution in [3.05, 3.63) is 103 Å². The minimum atomic E-state index is -0.0929. The molecule has 0 atom stereocenters. The van der Waals surface area contributed by atoms with E-state index in [9.17, 15) is 4.79 Å². The normalized spacial score (nSPS) is 10.9. The van der Waals surface area contributed by atoms with Crippen LogP contribution < -0.4 is 5.32 Å². The smallest absolute Gasteiger partial charge is 0.234 e. The number of aryl methyl sites for hydroxylation is 1. The van der Waals surface area contributed by atoms with Gasteiger partial charge in [0.25, 0.3) is 0 Å². The first-order valence-corrected chi connectivity index (χ1v) is 13.2. The zero-order valence-corrected chi connectivity index (χ0v) is 21.4. The highest BCUT2D eigenvalue weighted by Crippen LogP contribution is 2.33. The van der Waals surface area contributed by atoms with Gasteiger partial charge in [0.1, 0.15) is 0 Å². The largest absolute Gasteiger partial charge is 0.325 e. The summed E-state index contributed by atoms with van der Waals surface area (Å²) in [6.45, 7) is 6.55. The maximum atomic E-state index is 12.6. The lowest BCUT2D eigenvalue weighted by Crippen LogP contribution is -2.14. The van der Waals surface area contributed by atoms with Crippen molar-refractivity contribution in [3.8, 4) is 22.6 Å². The molecule has 37 heavy (non-hydrogen) atoms. The number of carbonyl (C=O) groups is 1. The maximum Gasteiger partial charge on any atom is 0.234 e. The second-order valence-electron chi connectivity index (χ2n) is 8.53. The Kier molecular flexibility index (Phi) is 7.42. The van der Waals surface area contributed by atoms with Gasteiger partial charge < -0.3 is 5.32 Å². The van der Waals surface area contributed by atoms with Gasteiger partial charge in [-0.3, -0.25) is 9.36 Å². The number of hydrogen-bond donors (Lipinski definition) is 1. The van der Waals surface area contributed by atoms with Gasteiger partial charge in [-0.25, -0.2) is 4.98 Å². The third-order valence-electron chi connectivity index (χ3n) is 6.03. The van der Waals surface area contributed by atoms with Crippen LogP contribution in [0.2, 0.25) is 0 Å². The highest BCUT2D eigenvalue weighted by atomic mass is 32.2. The minimum Gasteiger partial charge on any atom is -0.325 e. The summed E-state index contributed by atoms with van der Waals surface area (Å²) in [5, 5.41) is 13.6. The molecule has 0 radical (unpaired) electrons. The van der Waals surface area contributed by atoms with E-state index in [1.807, 2.05) is 89.5 Å². The van der Waals surface area contributed by atoms with E-state index in [1.165, 1.54) is 17.3 Å². The van der Waals surface area contributed by atoms with Crippen molar-refractivity contribution < 1.29 is 4.79 Å². The van der Waals surface area contributed by atoms with Crippen molar-refractivity contribution in [2.75, 3.05) is 11.1 Å². The second-order valence-corrected chi connectivity index (χ2v) is 9.47. The van der Waals surface area contributed by atoms with Crippen LogP contribution in [-0.4, -0.2) is 31.4 Å². The van der Waals surface area contributed by atoms with Gasteiger partial charge in [0.05, 0.1) is 17.0 Å². The number of para-hydroxylation sites is 1. The van der Waals surface area contributed by atoms with Crippen molar-refractivity contribution in [2.45, 2.75) is 25.0 Å². The Bertz CT molecular complexity index is 1540. The van der Waals surface area contributed by atoms with E-state index in [2.05, 4.69) is 35.1 Å². The predicted octanol–water partition coefficient (Wildman–Crippen LogP) is 6.64. The summed E-state index contributed by atoms with van der Waals surface area (Å²) in [6.07, 6.45) is 2.78. The predicted molar refractivity (Wildman–Crippen MR) is 152 cm³/mol. The molecule has 5 rings (SSSR count). The summed E-state index contributed by atoms with van der Waals surface area (Å²) < 4.78 is 2.00. The number of allylic oxidation sites excluding steroid dienone is 1.